The summed E-state index contributed by atoms with van der Waals surface area (Å²) in [6.45, 7) is 0. The highest BCUT2D eigenvalue weighted by molar-refractivity contribution is 7.27. The van der Waals surface area contributed by atoms with E-state index in [1.807, 2.05) is 11.3 Å². The van der Waals surface area contributed by atoms with Gasteiger partial charge in [0.1, 0.15) is 0 Å². The van der Waals surface area contributed by atoms with Gasteiger partial charge in [0.15, 0.2) is 0 Å². The Labute approximate surface area is 319 Å². The number of anilines is 3. The van der Waals surface area contributed by atoms with Crippen LogP contribution in [0.5, 0.6) is 0 Å². The van der Waals surface area contributed by atoms with E-state index in [9.17, 15) is 0 Å². The second-order valence-electron chi connectivity index (χ2n) is 13.7. The van der Waals surface area contributed by atoms with Crippen molar-refractivity contribution in [2.75, 3.05) is 4.90 Å². The average molecular weight is 706 g/mol. The quantitative estimate of drug-likeness (QED) is 0.160. The van der Waals surface area contributed by atoms with E-state index < -0.39 is 0 Å². The van der Waals surface area contributed by atoms with Gasteiger partial charge < -0.3 is 4.90 Å². The van der Waals surface area contributed by atoms with E-state index in [1.165, 1.54) is 81.1 Å². The molecule has 1 heterocycles. The molecule has 2 heteroatoms. The van der Waals surface area contributed by atoms with Crippen LogP contribution in [0.2, 0.25) is 0 Å². The van der Waals surface area contributed by atoms with Gasteiger partial charge in [-0.1, -0.05) is 158 Å². The van der Waals surface area contributed by atoms with E-state index in [2.05, 4.69) is 217 Å². The van der Waals surface area contributed by atoms with Gasteiger partial charge in [-0.2, -0.15) is 0 Å². The minimum atomic E-state index is 1.14. The highest BCUT2D eigenvalue weighted by Crippen LogP contribution is 2.48. The molecular weight excluding hydrogens is 671 g/mol. The first-order chi connectivity index (χ1) is 26.8. The van der Waals surface area contributed by atoms with E-state index in [0.29, 0.717) is 0 Å². The number of benzene rings is 9. The number of thiophene rings is 1. The number of fused-ring (bicyclic) bond motifs is 5. The van der Waals surface area contributed by atoms with Crippen LogP contribution in [0, 0.1) is 0 Å². The van der Waals surface area contributed by atoms with E-state index in [0.717, 1.165) is 11.4 Å². The van der Waals surface area contributed by atoms with Crippen LogP contribution in [0.1, 0.15) is 0 Å². The van der Waals surface area contributed by atoms with Crippen LogP contribution in [0.25, 0.3) is 75.5 Å². The van der Waals surface area contributed by atoms with Crippen LogP contribution in [0.15, 0.2) is 212 Å². The molecule has 0 amide bonds. The van der Waals surface area contributed by atoms with E-state index >= 15 is 0 Å². The number of hydrogen-bond donors (Lipinski definition) is 0. The fourth-order valence-corrected chi connectivity index (χ4v) is 9.16. The van der Waals surface area contributed by atoms with E-state index in [1.54, 1.807) is 0 Å². The van der Waals surface area contributed by atoms with Gasteiger partial charge in [-0.05, 0) is 104 Å². The molecule has 0 atom stereocenters. The summed E-state index contributed by atoms with van der Waals surface area (Å²) in [5.74, 6) is 0. The van der Waals surface area contributed by atoms with E-state index in [-0.39, 0.29) is 0 Å². The van der Waals surface area contributed by atoms with Gasteiger partial charge in [0.05, 0.1) is 10.4 Å². The molecule has 0 radical (unpaired) electrons. The Kier molecular flexibility index (Phi) is 8.09. The lowest BCUT2D eigenvalue weighted by atomic mass is 9.91. The smallest absolute Gasteiger partial charge is 0.0640 e. The molecule has 10 rings (SSSR count). The molecule has 0 spiro atoms. The van der Waals surface area contributed by atoms with Crippen molar-refractivity contribution < 1.29 is 0 Å². The molecule has 1 aromatic heterocycles. The van der Waals surface area contributed by atoms with Gasteiger partial charge in [-0.15, -0.1) is 11.3 Å². The van der Waals surface area contributed by atoms with Gasteiger partial charge >= 0.3 is 0 Å². The Morgan fingerprint density at radius 1 is 0.278 bits per heavy atom. The summed E-state index contributed by atoms with van der Waals surface area (Å²) < 4.78 is 2.60. The van der Waals surface area contributed by atoms with Gasteiger partial charge in [0.2, 0.25) is 0 Å². The Bertz CT molecular complexity index is 2800. The van der Waals surface area contributed by atoms with Gasteiger partial charge in [-0.3, -0.25) is 0 Å². The molecule has 9 aromatic carbocycles. The predicted molar refractivity (Wildman–Crippen MR) is 233 cm³/mol. The largest absolute Gasteiger partial charge is 0.309 e. The van der Waals surface area contributed by atoms with Crippen molar-refractivity contribution in [3.8, 4) is 44.5 Å². The van der Waals surface area contributed by atoms with Crippen molar-refractivity contribution in [2.24, 2.45) is 0 Å². The van der Waals surface area contributed by atoms with Crippen LogP contribution >= 0.6 is 11.3 Å². The minimum Gasteiger partial charge on any atom is -0.309 e. The van der Waals surface area contributed by atoms with Crippen molar-refractivity contribution in [2.45, 2.75) is 0 Å². The van der Waals surface area contributed by atoms with Crippen molar-refractivity contribution in [1.82, 2.24) is 0 Å². The highest BCUT2D eigenvalue weighted by Gasteiger charge is 2.20. The molecule has 0 aliphatic carbocycles. The number of hydrogen-bond acceptors (Lipinski definition) is 2. The minimum absolute atomic E-state index is 1.14. The summed E-state index contributed by atoms with van der Waals surface area (Å²) in [6, 6.07) is 76.9. The van der Waals surface area contributed by atoms with Crippen LogP contribution in [0.4, 0.5) is 17.1 Å². The summed E-state index contributed by atoms with van der Waals surface area (Å²) in [5.41, 5.74) is 13.2. The lowest BCUT2D eigenvalue weighted by molar-refractivity contribution is 1.30. The second-order valence-corrected chi connectivity index (χ2v) is 14.7. The normalized spacial score (nSPS) is 11.3. The second kappa shape index (κ2) is 13.7. The summed E-state index contributed by atoms with van der Waals surface area (Å²) in [5, 5.41) is 5.12. The summed E-state index contributed by atoms with van der Waals surface area (Å²) >= 11 is 1.90. The maximum absolute atomic E-state index is 2.42. The first-order valence-electron chi connectivity index (χ1n) is 18.4. The molecule has 0 aliphatic rings. The third-order valence-electron chi connectivity index (χ3n) is 10.4. The molecule has 0 fully saturated rings. The third-order valence-corrected chi connectivity index (χ3v) is 11.7. The van der Waals surface area contributed by atoms with E-state index in [4.69, 9.17) is 0 Å². The van der Waals surface area contributed by atoms with Gasteiger partial charge in [0.25, 0.3) is 0 Å². The van der Waals surface area contributed by atoms with Crippen LogP contribution in [-0.2, 0) is 0 Å². The third kappa shape index (κ3) is 5.74. The molecule has 54 heavy (non-hydrogen) atoms. The van der Waals surface area contributed by atoms with Gasteiger partial charge in [0, 0.05) is 32.2 Å². The maximum Gasteiger partial charge on any atom is 0.0640 e. The molecular formula is C52H35NS. The number of nitrogens with zero attached hydrogens (tertiary/aromatic N) is 1. The zero-order valence-electron chi connectivity index (χ0n) is 29.6. The summed E-state index contributed by atoms with van der Waals surface area (Å²) in [6.07, 6.45) is 0. The Balaban J connectivity index is 1.11. The average Bonchev–Trinajstić information content (AvgIpc) is 3.64. The first-order valence-corrected chi connectivity index (χ1v) is 19.2. The van der Waals surface area contributed by atoms with Crippen LogP contribution < -0.4 is 4.90 Å². The SMILES string of the molecule is c1ccc(-c2cc(-c3ccccc3)cc(-c3ccc(-c4cc5c6cccc(N(c7ccccc7)c7ccccc7)c6sc5c5ccccc45)cc3)c2)cc1. The van der Waals surface area contributed by atoms with Crippen LogP contribution in [0.3, 0.4) is 0 Å². The molecule has 1 nitrogen and oxygen atoms in total. The first kappa shape index (κ1) is 32.0. The Morgan fingerprint density at radius 3 is 1.26 bits per heavy atom. The summed E-state index contributed by atoms with van der Waals surface area (Å²) in [7, 11) is 0. The van der Waals surface area contributed by atoms with Crippen molar-refractivity contribution in [3.63, 3.8) is 0 Å². The molecule has 254 valence electrons. The summed E-state index contributed by atoms with van der Waals surface area (Å²) in [4.78, 5) is 2.38. The van der Waals surface area contributed by atoms with Gasteiger partial charge in [-0.25, -0.2) is 0 Å². The molecule has 0 aliphatic heterocycles. The Hall–Kier alpha value is -6.74. The lowest BCUT2D eigenvalue weighted by Gasteiger charge is -2.25. The lowest BCUT2D eigenvalue weighted by Crippen LogP contribution is -2.09. The fraction of sp³-hybridized carbons (Fsp3) is 0. The molecule has 0 bridgehead atoms. The Morgan fingerprint density at radius 2 is 0.704 bits per heavy atom. The van der Waals surface area contributed by atoms with Crippen LogP contribution in [-0.4, -0.2) is 0 Å². The molecule has 0 unspecified atom stereocenters. The molecule has 10 aromatic rings. The standard InChI is InChI=1S/C52H35NS/c1-5-16-36(17-6-1)40-32-41(37-18-7-2-8-19-37)34-42(33-40)38-28-30-39(31-29-38)48-35-49-47-26-15-27-50(52(47)54-51(49)46-25-14-13-24-45(46)48)53(43-20-9-3-10-21-43)44-22-11-4-12-23-44/h1-35H. The number of rotatable bonds is 7. The van der Waals surface area contributed by atoms with Crippen molar-refractivity contribution in [1.29, 1.82) is 0 Å². The topological polar surface area (TPSA) is 3.24 Å². The molecule has 0 saturated heterocycles. The predicted octanol–water partition coefficient (Wildman–Crippen LogP) is 15.3. The highest BCUT2D eigenvalue weighted by atomic mass is 32.1. The monoisotopic (exact) mass is 705 g/mol. The zero-order chi connectivity index (χ0) is 35.8. The number of para-hydroxylation sites is 2. The zero-order valence-corrected chi connectivity index (χ0v) is 30.4. The molecule has 0 N–H and O–H groups in total. The molecule has 0 saturated carbocycles. The fourth-order valence-electron chi connectivity index (χ4n) is 7.83. The van der Waals surface area contributed by atoms with Crippen molar-refractivity contribution >= 4 is 59.3 Å². The van der Waals surface area contributed by atoms with Crippen molar-refractivity contribution in [3.05, 3.63) is 212 Å². The maximum atomic E-state index is 2.42.